The minimum absolute atomic E-state index is 0.0713. The molecule has 0 radical (unpaired) electrons. The van der Waals surface area contributed by atoms with Crippen molar-refractivity contribution in [2.24, 2.45) is 0 Å². The number of rotatable bonds is 5. The number of nitrogens with one attached hydrogen (secondary N) is 1. The van der Waals surface area contributed by atoms with Crippen molar-refractivity contribution in [3.05, 3.63) is 0 Å². The van der Waals surface area contributed by atoms with Gasteiger partial charge in [-0.15, -0.1) is 11.8 Å². The van der Waals surface area contributed by atoms with Crippen LogP contribution in [0.2, 0.25) is 0 Å². The lowest BCUT2D eigenvalue weighted by atomic mass is 10.2. The van der Waals surface area contributed by atoms with E-state index in [1.165, 1.54) is 0 Å². The number of carboxylic acid groups (broad SMARTS) is 1. The lowest BCUT2D eigenvalue weighted by Gasteiger charge is -2.29. The first kappa shape index (κ1) is 14.3. The van der Waals surface area contributed by atoms with Gasteiger partial charge in [-0.2, -0.15) is 0 Å². The summed E-state index contributed by atoms with van der Waals surface area (Å²) >= 11 is 1.63. The molecule has 1 saturated heterocycles. The first-order valence-corrected chi connectivity index (χ1v) is 7.01. The number of carbonyl (C=O) groups is 2. The Morgan fingerprint density at radius 1 is 1.41 bits per heavy atom. The Labute approximate surface area is 106 Å². The van der Waals surface area contributed by atoms with Crippen LogP contribution in [0.4, 0.5) is 0 Å². The van der Waals surface area contributed by atoms with Crippen molar-refractivity contribution < 1.29 is 14.7 Å². The van der Waals surface area contributed by atoms with Crippen LogP contribution < -0.4 is 5.32 Å². The van der Waals surface area contributed by atoms with Crippen molar-refractivity contribution in [3.63, 3.8) is 0 Å². The number of carbonyl (C=O) groups excluding carboxylic acids is 1. The van der Waals surface area contributed by atoms with Gasteiger partial charge in [0.2, 0.25) is 5.91 Å². The van der Waals surface area contributed by atoms with Gasteiger partial charge < -0.3 is 10.0 Å². The van der Waals surface area contributed by atoms with E-state index >= 15 is 0 Å². The molecule has 2 unspecified atom stereocenters. The van der Waals surface area contributed by atoms with Crippen LogP contribution in [0, 0.1) is 0 Å². The van der Waals surface area contributed by atoms with Gasteiger partial charge in [-0.05, 0) is 26.0 Å². The van der Waals surface area contributed by atoms with Crippen molar-refractivity contribution in [3.8, 4) is 0 Å². The lowest BCUT2D eigenvalue weighted by Crippen LogP contribution is -2.47. The molecule has 0 saturated carbocycles. The van der Waals surface area contributed by atoms with E-state index in [4.69, 9.17) is 5.11 Å². The largest absolute Gasteiger partial charge is 0.480 e. The van der Waals surface area contributed by atoms with Crippen molar-refractivity contribution in [2.75, 3.05) is 18.8 Å². The fourth-order valence-corrected chi connectivity index (χ4v) is 3.04. The highest BCUT2D eigenvalue weighted by molar-refractivity contribution is 7.99. The monoisotopic (exact) mass is 260 g/mol. The highest BCUT2D eigenvalue weighted by atomic mass is 32.2. The second kappa shape index (κ2) is 6.86. The second-order valence-electron chi connectivity index (χ2n) is 3.98. The van der Waals surface area contributed by atoms with Crippen LogP contribution in [0.15, 0.2) is 0 Å². The smallest absolute Gasteiger partial charge is 0.320 e. The second-order valence-corrected chi connectivity index (χ2v) is 5.29. The maximum atomic E-state index is 11.9. The molecule has 0 aromatic heterocycles. The summed E-state index contributed by atoms with van der Waals surface area (Å²) in [6.45, 7) is 5.30. The quantitative estimate of drug-likeness (QED) is 0.763. The first-order valence-electron chi connectivity index (χ1n) is 5.96. The van der Waals surface area contributed by atoms with Crippen molar-refractivity contribution in [1.82, 2.24) is 10.2 Å². The predicted molar refractivity (Wildman–Crippen MR) is 68.0 cm³/mol. The van der Waals surface area contributed by atoms with Gasteiger partial charge in [-0.25, -0.2) is 0 Å². The minimum Gasteiger partial charge on any atom is -0.480 e. The van der Waals surface area contributed by atoms with E-state index < -0.39 is 12.0 Å². The van der Waals surface area contributed by atoms with Gasteiger partial charge in [0.15, 0.2) is 0 Å². The van der Waals surface area contributed by atoms with E-state index in [1.807, 2.05) is 13.8 Å². The van der Waals surface area contributed by atoms with Crippen LogP contribution >= 0.6 is 11.8 Å². The lowest BCUT2D eigenvalue weighted by molar-refractivity contribution is -0.140. The fourth-order valence-electron chi connectivity index (χ4n) is 1.86. The molecule has 5 nitrogen and oxygen atoms in total. The highest BCUT2D eigenvalue weighted by Gasteiger charge is 2.28. The molecule has 1 aliphatic heterocycles. The third-order valence-corrected chi connectivity index (χ3v) is 4.06. The third kappa shape index (κ3) is 4.20. The highest BCUT2D eigenvalue weighted by Crippen LogP contribution is 2.21. The van der Waals surface area contributed by atoms with Crippen LogP contribution in [0.25, 0.3) is 0 Å². The van der Waals surface area contributed by atoms with Gasteiger partial charge in [0.1, 0.15) is 6.04 Å². The Kier molecular flexibility index (Phi) is 5.77. The standard InChI is InChI=1S/C11H20N2O3S/c1-3-13(4-2)10(14)7-9-12-8(11(15)16)5-6-17-9/h8-9,12H,3-7H2,1-2H3,(H,15,16). The Bertz CT molecular complexity index is 282. The molecule has 0 aliphatic carbocycles. The summed E-state index contributed by atoms with van der Waals surface area (Å²) in [4.78, 5) is 24.5. The molecule has 1 aliphatic rings. The molecular weight excluding hydrogens is 240 g/mol. The summed E-state index contributed by atoms with van der Waals surface area (Å²) in [7, 11) is 0. The normalized spacial score (nSPS) is 24.4. The number of aliphatic carboxylic acids is 1. The summed E-state index contributed by atoms with van der Waals surface area (Å²) in [5, 5.41) is 11.9. The molecule has 0 aromatic carbocycles. The SMILES string of the molecule is CCN(CC)C(=O)CC1NC(C(=O)O)CCS1. The molecule has 2 atom stereocenters. The maximum Gasteiger partial charge on any atom is 0.320 e. The Morgan fingerprint density at radius 3 is 2.59 bits per heavy atom. The van der Waals surface area contributed by atoms with Crippen molar-refractivity contribution >= 4 is 23.6 Å². The summed E-state index contributed by atoms with van der Waals surface area (Å²) in [5.41, 5.74) is 0. The number of nitrogens with zero attached hydrogens (tertiary/aromatic N) is 1. The van der Waals surface area contributed by atoms with Crippen molar-refractivity contribution in [2.45, 2.75) is 38.1 Å². The van der Waals surface area contributed by atoms with Gasteiger partial charge >= 0.3 is 5.97 Å². The number of thioether (sulfide) groups is 1. The van der Waals surface area contributed by atoms with Crippen LogP contribution in [-0.4, -0.2) is 52.1 Å². The zero-order valence-electron chi connectivity index (χ0n) is 10.3. The summed E-state index contributed by atoms with van der Waals surface area (Å²) < 4.78 is 0. The molecule has 17 heavy (non-hydrogen) atoms. The molecular formula is C11H20N2O3S. The molecule has 1 heterocycles. The summed E-state index contributed by atoms with van der Waals surface area (Å²) in [6.07, 6.45) is 0.992. The van der Waals surface area contributed by atoms with E-state index in [9.17, 15) is 9.59 Å². The minimum atomic E-state index is -0.828. The van der Waals surface area contributed by atoms with Crippen LogP contribution in [0.5, 0.6) is 0 Å². The number of amides is 1. The maximum absolute atomic E-state index is 11.9. The number of hydrogen-bond acceptors (Lipinski definition) is 4. The molecule has 2 N–H and O–H groups in total. The molecule has 1 amide bonds. The third-order valence-electron chi connectivity index (χ3n) is 2.89. The Balaban J connectivity index is 2.45. The molecule has 1 rings (SSSR count). The molecule has 98 valence electrons. The number of carboxylic acids is 1. The van der Waals surface area contributed by atoms with Crippen molar-refractivity contribution in [1.29, 1.82) is 0 Å². The summed E-state index contributed by atoms with van der Waals surface area (Å²) in [5.74, 6) is 0.0526. The Morgan fingerprint density at radius 2 is 2.06 bits per heavy atom. The molecule has 0 aromatic rings. The van der Waals surface area contributed by atoms with E-state index in [2.05, 4.69) is 5.32 Å². The van der Waals surface area contributed by atoms with Crippen LogP contribution in [0.3, 0.4) is 0 Å². The molecule has 6 heteroatoms. The average Bonchev–Trinajstić information content (AvgIpc) is 2.30. The average molecular weight is 260 g/mol. The van der Waals surface area contributed by atoms with Gasteiger partial charge in [-0.3, -0.25) is 14.9 Å². The van der Waals surface area contributed by atoms with Gasteiger partial charge in [0.25, 0.3) is 0 Å². The van der Waals surface area contributed by atoms with Gasteiger partial charge in [0.05, 0.1) is 11.8 Å². The predicted octanol–water partition coefficient (Wildman–Crippen LogP) is 0.751. The van der Waals surface area contributed by atoms with E-state index in [1.54, 1.807) is 16.7 Å². The zero-order valence-corrected chi connectivity index (χ0v) is 11.1. The summed E-state index contributed by atoms with van der Waals surface area (Å²) in [6, 6.07) is -0.509. The molecule has 1 fully saturated rings. The zero-order chi connectivity index (χ0) is 12.8. The van der Waals surface area contributed by atoms with Crippen LogP contribution in [0.1, 0.15) is 26.7 Å². The molecule has 0 bridgehead atoms. The van der Waals surface area contributed by atoms with E-state index in [0.717, 1.165) is 5.75 Å². The first-order chi connectivity index (χ1) is 8.08. The number of hydrogen-bond donors (Lipinski definition) is 2. The molecule has 0 spiro atoms. The Hall–Kier alpha value is -0.750. The fraction of sp³-hybridized carbons (Fsp3) is 0.818. The van der Waals surface area contributed by atoms with Crippen LogP contribution in [-0.2, 0) is 9.59 Å². The van der Waals surface area contributed by atoms with Gasteiger partial charge in [-0.1, -0.05) is 0 Å². The van der Waals surface area contributed by atoms with E-state index in [-0.39, 0.29) is 11.3 Å². The topological polar surface area (TPSA) is 69.6 Å². The van der Waals surface area contributed by atoms with Gasteiger partial charge in [0, 0.05) is 13.1 Å². The van der Waals surface area contributed by atoms with E-state index in [0.29, 0.717) is 25.9 Å².